The van der Waals surface area contributed by atoms with E-state index in [1.807, 2.05) is 32.9 Å². The molecule has 4 heterocycles. The van der Waals surface area contributed by atoms with Gasteiger partial charge in [-0.25, -0.2) is 19.3 Å². The summed E-state index contributed by atoms with van der Waals surface area (Å²) >= 11 is 0. The highest BCUT2D eigenvalue weighted by atomic mass is 19.4. The minimum Gasteiger partial charge on any atom is -0.444 e. The van der Waals surface area contributed by atoms with Crippen LogP contribution >= 0.6 is 0 Å². The number of nitrogens with zero attached hydrogens (tertiary/aromatic N) is 5. The Labute approximate surface area is 228 Å². The first-order valence-corrected chi connectivity index (χ1v) is 13.2. The number of ether oxygens (including phenoxy) is 2. The number of nitrogens with one attached hydrogen (secondary N) is 1. The molecule has 10 nitrogen and oxygen atoms in total. The van der Waals surface area contributed by atoms with Crippen LogP contribution in [0.2, 0.25) is 0 Å². The monoisotopic (exact) mass is 558 g/mol. The van der Waals surface area contributed by atoms with Gasteiger partial charge in [0.2, 0.25) is 6.10 Å². The Balaban J connectivity index is 1.40. The number of alkyl halides is 3. The molecule has 2 fully saturated rings. The molecule has 0 unspecified atom stereocenters. The average Bonchev–Trinajstić information content (AvgIpc) is 3.66. The molecule has 1 saturated carbocycles. The molecule has 2 amide bonds. The smallest absolute Gasteiger partial charge is 0.430 e. The second kappa shape index (κ2) is 9.27. The average molecular weight is 559 g/mol. The summed E-state index contributed by atoms with van der Waals surface area (Å²) < 4.78 is 53.8. The first kappa shape index (κ1) is 26.2. The second-order valence-electron chi connectivity index (χ2n) is 11.3. The number of carbonyl (C=O) groups excluding carboxylic acids is 2. The number of anilines is 2. The summed E-state index contributed by atoms with van der Waals surface area (Å²) in [5, 5.41) is 7.84. The fraction of sp³-hybridized carbons (Fsp3) is 0.481. The van der Waals surface area contributed by atoms with Gasteiger partial charge in [-0.3, -0.25) is 5.32 Å². The van der Waals surface area contributed by atoms with E-state index < -0.39 is 24.0 Å². The summed E-state index contributed by atoms with van der Waals surface area (Å²) in [4.78, 5) is 32.7. The summed E-state index contributed by atoms with van der Waals surface area (Å²) in [6.45, 7) is 6.93. The minimum absolute atomic E-state index is 0.0700. The van der Waals surface area contributed by atoms with Crippen molar-refractivity contribution in [3.05, 3.63) is 42.1 Å². The van der Waals surface area contributed by atoms with Gasteiger partial charge in [-0.1, -0.05) is 12.1 Å². The number of aromatic nitrogens is 3. The Morgan fingerprint density at radius 1 is 1.12 bits per heavy atom. The van der Waals surface area contributed by atoms with Crippen LogP contribution in [0.5, 0.6) is 0 Å². The summed E-state index contributed by atoms with van der Waals surface area (Å²) in [7, 11) is 0. The van der Waals surface area contributed by atoms with E-state index in [0.717, 1.165) is 18.2 Å². The van der Waals surface area contributed by atoms with Crippen molar-refractivity contribution in [1.29, 1.82) is 0 Å². The molecule has 3 aromatic rings. The third-order valence-corrected chi connectivity index (χ3v) is 7.28. The molecule has 0 radical (unpaired) electrons. The number of para-hydroxylation sites is 1. The standard InChI is InChI=1S/C27H29F3N6O4/c1-26(2,3)40-25(38)35-13-12-34(14-19(35)15-8-9-15)23-16-6-4-5-7-17(16)36(33-23)18-10-11-31-22-20(18)21(27(28,29)30)39-24(37)32-22/h4-7,10-11,15,19,21H,8-9,12-14H2,1-3H3,(H,31,32,37)/t19-,21-/m1/s1. The van der Waals surface area contributed by atoms with Crippen molar-refractivity contribution < 1.29 is 32.2 Å². The maximum atomic E-state index is 14.0. The van der Waals surface area contributed by atoms with Crippen molar-refractivity contribution in [2.75, 3.05) is 29.9 Å². The van der Waals surface area contributed by atoms with Gasteiger partial charge >= 0.3 is 18.4 Å². The Bertz CT molecular complexity index is 1480. The molecule has 40 heavy (non-hydrogen) atoms. The van der Waals surface area contributed by atoms with E-state index in [-0.39, 0.29) is 29.2 Å². The fourth-order valence-electron chi connectivity index (χ4n) is 5.43. The van der Waals surface area contributed by atoms with Crippen molar-refractivity contribution in [2.45, 2.75) is 57.5 Å². The van der Waals surface area contributed by atoms with Crippen LogP contribution in [0.25, 0.3) is 16.6 Å². The van der Waals surface area contributed by atoms with Crippen molar-refractivity contribution in [1.82, 2.24) is 19.7 Å². The van der Waals surface area contributed by atoms with Crippen molar-refractivity contribution in [3.8, 4) is 5.69 Å². The molecular formula is C27H29F3N6O4. The molecule has 1 aromatic carbocycles. The van der Waals surface area contributed by atoms with Gasteiger partial charge in [-0.05, 0) is 57.7 Å². The lowest BCUT2D eigenvalue weighted by Crippen LogP contribution is -2.57. The van der Waals surface area contributed by atoms with Gasteiger partial charge in [-0.15, -0.1) is 5.10 Å². The van der Waals surface area contributed by atoms with Crippen LogP contribution in [-0.4, -0.2) is 69.3 Å². The topological polar surface area (TPSA) is 102 Å². The van der Waals surface area contributed by atoms with Gasteiger partial charge in [-0.2, -0.15) is 13.2 Å². The quantitative estimate of drug-likeness (QED) is 0.458. The highest BCUT2D eigenvalue weighted by Crippen LogP contribution is 2.45. The van der Waals surface area contributed by atoms with Crippen LogP contribution in [-0.2, 0) is 9.47 Å². The molecule has 212 valence electrons. The summed E-state index contributed by atoms with van der Waals surface area (Å²) in [6.07, 6.45) is -5.57. The molecule has 0 spiro atoms. The van der Waals surface area contributed by atoms with Crippen LogP contribution in [0.3, 0.4) is 0 Å². The Morgan fingerprint density at radius 2 is 1.88 bits per heavy atom. The fourth-order valence-corrected chi connectivity index (χ4v) is 5.43. The van der Waals surface area contributed by atoms with Gasteiger partial charge in [0.1, 0.15) is 11.4 Å². The largest absolute Gasteiger partial charge is 0.444 e. The number of amides is 2. The molecule has 2 atom stereocenters. The SMILES string of the molecule is CC(C)(C)OC(=O)N1CCN(c2nn(-c3ccnc4c3[C@H](C(F)(F)F)OC(=O)N4)c3ccccc23)C[C@@H]1C1CC1. The van der Waals surface area contributed by atoms with Crippen molar-refractivity contribution in [3.63, 3.8) is 0 Å². The van der Waals surface area contributed by atoms with Gasteiger partial charge in [0, 0.05) is 31.2 Å². The predicted octanol–water partition coefficient (Wildman–Crippen LogP) is 5.42. The van der Waals surface area contributed by atoms with Gasteiger partial charge in [0.25, 0.3) is 0 Å². The van der Waals surface area contributed by atoms with Crippen molar-refractivity contribution in [2.24, 2.45) is 5.92 Å². The number of carbonyl (C=O) groups is 2. The zero-order valence-corrected chi connectivity index (χ0v) is 22.2. The van der Waals surface area contributed by atoms with Crippen LogP contribution in [0.1, 0.15) is 45.3 Å². The van der Waals surface area contributed by atoms with E-state index in [1.165, 1.54) is 16.9 Å². The lowest BCUT2D eigenvalue weighted by atomic mass is 10.1. The zero-order valence-electron chi connectivity index (χ0n) is 22.2. The Morgan fingerprint density at radius 3 is 2.58 bits per heavy atom. The zero-order chi connectivity index (χ0) is 28.4. The third-order valence-electron chi connectivity index (χ3n) is 7.28. The van der Waals surface area contributed by atoms with E-state index in [9.17, 15) is 22.8 Å². The van der Waals surface area contributed by atoms with Gasteiger partial charge in [0.15, 0.2) is 5.82 Å². The van der Waals surface area contributed by atoms with E-state index in [1.54, 1.807) is 17.0 Å². The van der Waals surface area contributed by atoms with Crippen LogP contribution in [0, 0.1) is 5.92 Å². The molecule has 1 aliphatic carbocycles. The maximum absolute atomic E-state index is 14.0. The number of hydrogen-bond acceptors (Lipinski definition) is 7. The number of piperazine rings is 1. The molecule has 1 saturated heterocycles. The van der Waals surface area contributed by atoms with Crippen LogP contribution in [0.4, 0.5) is 34.4 Å². The summed E-state index contributed by atoms with van der Waals surface area (Å²) in [5.41, 5.74) is -0.250. The third kappa shape index (κ3) is 4.77. The molecule has 13 heteroatoms. The number of hydrogen-bond donors (Lipinski definition) is 1. The summed E-state index contributed by atoms with van der Waals surface area (Å²) in [6, 6.07) is 8.63. The lowest BCUT2D eigenvalue weighted by Gasteiger charge is -2.42. The number of halogens is 3. The maximum Gasteiger partial charge on any atom is 0.430 e. The molecule has 0 bridgehead atoms. The van der Waals surface area contributed by atoms with Crippen LogP contribution in [0.15, 0.2) is 36.5 Å². The number of pyridine rings is 1. The van der Waals surface area contributed by atoms with Crippen LogP contribution < -0.4 is 10.2 Å². The minimum atomic E-state index is -4.86. The Hall–Kier alpha value is -4.03. The number of fused-ring (bicyclic) bond motifs is 2. The second-order valence-corrected chi connectivity index (χ2v) is 11.3. The van der Waals surface area contributed by atoms with Crippen molar-refractivity contribution >= 4 is 34.7 Å². The Kier molecular flexibility index (Phi) is 6.07. The van der Waals surface area contributed by atoms with Gasteiger partial charge < -0.3 is 19.3 Å². The number of rotatable bonds is 3. The van der Waals surface area contributed by atoms with E-state index in [4.69, 9.17) is 9.84 Å². The molecule has 3 aliphatic rings. The first-order chi connectivity index (χ1) is 18.9. The van der Waals surface area contributed by atoms with E-state index >= 15 is 0 Å². The first-order valence-electron chi connectivity index (χ1n) is 13.2. The molecular weight excluding hydrogens is 529 g/mol. The molecule has 2 aliphatic heterocycles. The molecule has 2 aromatic heterocycles. The van der Waals surface area contributed by atoms with E-state index in [2.05, 4.69) is 19.9 Å². The summed E-state index contributed by atoms with van der Waals surface area (Å²) in [5.74, 6) is 0.723. The normalized spacial score (nSPS) is 21.6. The molecule has 1 N–H and O–H groups in total. The predicted molar refractivity (Wildman–Crippen MR) is 139 cm³/mol. The highest BCUT2D eigenvalue weighted by molar-refractivity contribution is 5.93. The van der Waals surface area contributed by atoms with E-state index in [0.29, 0.717) is 36.9 Å². The highest BCUT2D eigenvalue weighted by Gasteiger charge is 2.50. The molecule has 6 rings (SSSR count). The number of cyclic esters (lactones) is 1. The lowest BCUT2D eigenvalue weighted by molar-refractivity contribution is -0.206. The number of benzene rings is 1. The van der Waals surface area contributed by atoms with Gasteiger partial charge in [0.05, 0.1) is 22.8 Å².